The maximum Gasteiger partial charge on any atom is 0.223 e. The second-order valence-corrected chi connectivity index (χ2v) is 4.76. The maximum atomic E-state index is 8.67. The molecule has 1 N–H and O–H groups in total. The lowest BCUT2D eigenvalue weighted by Crippen LogP contribution is -2.18. The highest BCUT2D eigenvalue weighted by Crippen LogP contribution is 2.27. The van der Waals surface area contributed by atoms with E-state index in [4.69, 9.17) is 10.00 Å². The van der Waals surface area contributed by atoms with Crippen molar-refractivity contribution >= 4 is 0 Å². The Bertz CT molecular complexity index is 617. The number of ether oxygens (including phenoxy) is 1. The van der Waals surface area contributed by atoms with Gasteiger partial charge in [0.15, 0.2) is 0 Å². The van der Waals surface area contributed by atoms with Crippen LogP contribution in [0.25, 0.3) is 0 Å². The molecule has 4 heteroatoms. The van der Waals surface area contributed by atoms with E-state index in [1.165, 1.54) is 0 Å². The molecule has 108 valence electrons. The fourth-order valence-corrected chi connectivity index (χ4v) is 2.11. The fraction of sp³-hybridized carbons (Fsp3) is 0.294. The molecule has 0 fully saturated rings. The van der Waals surface area contributed by atoms with Crippen molar-refractivity contribution in [2.75, 3.05) is 6.54 Å². The van der Waals surface area contributed by atoms with Crippen LogP contribution in [0, 0.1) is 11.3 Å². The molecule has 1 atom stereocenters. The highest BCUT2D eigenvalue weighted by Gasteiger charge is 2.12. The van der Waals surface area contributed by atoms with E-state index in [9.17, 15) is 0 Å². The third-order valence-corrected chi connectivity index (χ3v) is 3.20. The van der Waals surface area contributed by atoms with Gasteiger partial charge in [-0.25, -0.2) is 4.98 Å². The number of nitrogens with one attached hydrogen (secondary N) is 1. The number of nitriles is 1. The summed E-state index contributed by atoms with van der Waals surface area (Å²) in [6, 6.07) is 13.8. The molecule has 2 rings (SSSR count). The van der Waals surface area contributed by atoms with Crippen LogP contribution in [0.5, 0.6) is 11.6 Å². The van der Waals surface area contributed by atoms with Crippen LogP contribution in [0.1, 0.15) is 31.0 Å². The van der Waals surface area contributed by atoms with Crippen LogP contribution in [-0.4, -0.2) is 11.5 Å². The van der Waals surface area contributed by atoms with Crippen LogP contribution in [0.15, 0.2) is 42.6 Å². The SMILES string of the molecule is CCNC(C)c1cccnc1Oc1ccc(CC#N)cc1. The smallest absolute Gasteiger partial charge is 0.223 e. The Hall–Kier alpha value is -2.38. The number of hydrogen-bond donors (Lipinski definition) is 1. The normalized spacial score (nSPS) is 11.7. The average molecular weight is 281 g/mol. The molecule has 0 spiro atoms. The molecule has 21 heavy (non-hydrogen) atoms. The van der Waals surface area contributed by atoms with E-state index >= 15 is 0 Å². The van der Waals surface area contributed by atoms with Crippen LogP contribution in [0.3, 0.4) is 0 Å². The molecule has 0 bridgehead atoms. The minimum absolute atomic E-state index is 0.177. The van der Waals surface area contributed by atoms with Gasteiger partial charge in [0.2, 0.25) is 5.88 Å². The van der Waals surface area contributed by atoms with Crippen molar-refractivity contribution in [3.8, 4) is 17.7 Å². The highest BCUT2D eigenvalue weighted by molar-refractivity contribution is 5.35. The van der Waals surface area contributed by atoms with Crippen molar-refractivity contribution in [2.45, 2.75) is 26.3 Å². The molecule has 0 aliphatic rings. The zero-order chi connectivity index (χ0) is 15.1. The van der Waals surface area contributed by atoms with Crippen molar-refractivity contribution in [3.05, 3.63) is 53.7 Å². The maximum absolute atomic E-state index is 8.67. The summed E-state index contributed by atoms with van der Waals surface area (Å²) in [6.07, 6.45) is 2.13. The topological polar surface area (TPSA) is 57.9 Å². The number of nitrogens with zero attached hydrogens (tertiary/aromatic N) is 2. The predicted octanol–water partition coefficient (Wildman–Crippen LogP) is 3.61. The first-order chi connectivity index (χ1) is 10.2. The third kappa shape index (κ3) is 4.04. The van der Waals surface area contributed by atoms with E-state index < -0.39 is 0 Å². The van der Waals surface area contributed by atoms with Gasteiger partial charge in [-0.15, -0.1) is 0 Å². The van der Waals surface area contributed by atoms with Crippen molar-refractivity contribution in [3.63, 3.8) is 0 Å². The zero-order valence-electron chi connectivity index (χ0n) is 12.3. The van der Waals surface area contributed by atoms with Gasteiger partial charge in [-0.1, -0.05) is 25.1 Å². The lowest BCUT2D eigenvalue weighted by atomic mass is 10.1. The molecule has 2 aromatic rings. The number of rotatable bonds is 6. The van der Waals surface area contributed by atoms with Gasteiger partial charge in [-0.05, 0) is 37.2 Å². The summed E-state index contributed by atoms with van der Waals surface area (Å²) in [5.41, 5.74) is 2.01. The lowest BCUT2D eigenvalue weighted by molar-refractivity contribution is 0.444. The fourth-order valence-electron chi connectivity index (χ4n) is 2.11. The predicted molar refractivity (Wildman–Crippen MR) is 82.2 cm³/mol. The minimum Gasteiger partial charge on any atom is -0.439 e. The van der Waals surface area contributed by atoms with E-state index in [0.29, 0.717) is 12.3 Å². The van der Waals surface area contributed by atoms with E-state index in [0.717, 1.165) is 23.4 Å². The average Bonchev–Trinajstić information content (AvgIpc) is 2.50. The van der Waals surface area contributed by atoms with Gasteiger partial charge < -0.3 is 10.1 Å². The van der Waals surface area contributed by atoms with Crippen LogP contribution in [0.2, 0.25) is 0 Å². The summed E-state index contributed by atoms with van der Waals surface area (Å²) in [5.74, 6) is 1.33. The number of benzene rings is 1. The minimum atomic E-state index is 0.177. The van der Waals surface area contributed by atoms with Gasteiger partial charge in [0.1, 0.15) is 5.75 Å². The molecule has 0 amide bonds. The summed E-state index contributed by atoms with van der Waals surface area (Å²) in [4.78, 5) is 4.32. The molecule has 1 unspecified atom stereocenters. The number of hydrogen-bond acceptors (Lipinski definition) is 4. The van der Waals surface area contributed by atoms with Crippen molar-refractivity contribution in [2.24, 2.45) is 0 Å². The van der Waals surface area contributed by atoms with Crippen molar-refractivity contribution in [1.82, 2.24) is 10.3 Å². The van der Waals surface area contributed by atoms with Gasteiger partial charge in [-0.3, -0.25) is 0 Å². The molecule has 0 aliphatic heterocycles. The monoisotopic (exact) mass is 281 g/mol. The zero-order valence-corrected chi connectivity index (χ0v) is 12.3. The molecule has 0 saturated carbocycles. The number of aromatic nitrogens is 1. The summed E-state index contributed by atoms with van der Waals surface area (Å²) >= 11 is 0. The third-order valence-electron chi connectivity index (χ3n) is 3.20. The second-order valence-electron chi connectivity index (χ2n) is 4.76. The van der Waals surface area contributed by atoms with Crippen molar-refractivity contribution in [1.29, 1.82) is 5.26 Å². The van der Waals surface area contributed by atoms with E-state index in [1.807, 2.05) is 36.4 Å². The van der Waals surface area contributed by atoms with Crippen molar-refractivity contribution < 1.29 is 4.74 Å². The Morgan fingerprint density at radius 3 is 2.71 bits per heavy atom. The van der Waals surface area contributed by atoms with Crippen LogP contribution in [-0.2, 0) is 6.42 Å². The largest absolute Gasteiger partial charge is 0.439 e. The summed E-state index contributed by atoms with van der Waals surface area (Å²) in [6.45, 7) is 5.04. The van der Waals surface area contributed by atoms with E-state index in [2.05, 4.69) is 30.2 Å². The summed E-state index contributed by atoms with van der Waals surface area (Å²) in [7, 11) is 0. The molecule has 1 aromatic carbocycles. The first-order valence-electron chi connectivity index (χ1n) is 7.06. The van der Waals surface area contributed by atoms with E-state index in [-0.39, 0.29) is 6.04 Å². The quantitative estimate of drug-likeness (QED) is 0.878. The highest BCUT2D eigenvalue weighted by atomic mass is 16.5. The molecule has 0 aliphatic carbocycles. The Labute approximate surface area is 125 Å². The first kappa shape index (κ1) is 15.0. The number of pyridine rings is 1. The summed E-state index contributed by atoms with van der Waals surface area (Å²) < 4.78 is 5.88. The van der Waals surface area contributed by atoms with Crippen LogP contribution < -0.4 is 10.1 Å². The van der Waals surface area contributed by atoms with Gasteiger partial charge in [0.05, 0.1) is 12.5 Å². The van der Waals surface area contributed by atoms with Crippen LogP contribution in [0.4, 0.5) is 0 Å². The van der Waals surface area contributed by atoms with Gasteiger partial charge in [0, 0.05) is 17.8 Å². The van der Waals surface area contributed by atoms with Crippen LogP contribution >= 0.6 is 0 Å². The Morgan fingerprint density at radius 1 is 1.29 bits per heavy atom. The molecular formula is C17H19N3O. The molecule has 0 saturated heterocycles. The van der Waals surface area contributed by atoms with Gasteiger partial charge in [-0.2, -0.15) is 5.26 Å². The standard InChI is InChI=1S/C17H19N3O/c1-3-19-13(2)16-5-4-12-20-17(16)21-15-8-6-14(7-9-15)10-11-18/h4-9,12-13,19H,3,10H2,1-2H3. The Kier molecular flexibility index (Phi) is 5.30. The second kappa shape index (κ2) is 7.41. The lowest BCUT2D eigenvalue weighted by Gasteiger charge is -2.16. The van der Waals surface area contributed by atoms with Gasteiger partial charge >= 0.3 is 0 Å². The Morgan fingerprint density at radius 2 is 2.05 bits per heavy atom. The molecular weight excluding hydrogens is 262 g/mol. The Balaban J connectivity index is 2.17. The molecule has 4 nitrogen and oxygen atoms in total. The first-order valence-corrected chi connectivity index (χ1v) is 7.06. The molecule has 0 radical (unpaired) electrons. The van der Waals surface area contributed by atoms with Gasteiger partial charge in [0.25, 0.3) is 0 Å². The molecule has 1 heterocycles. The summed E-state index contributed by atoms with van der Waals surface area (Å²) in [5, 5.41) is 12.0. The van der Waals surface area contributed by atoms with E-state index in [1.54, 1.807) is 6.20 Å². The molecule has 1 aromatic heterocycles.